The van der Waals surface area contributed by atoms with E-state index >= 15 is 0 Å². The van der Waals surface area contributed by atoms with Crippen LogP contribution in [0, 0.1) is 11.8 Å². The van der Waals surface area contributed by atoms with Crippen LogP contribution in [0.1, 0.15) is 79.1 Å². The fraction of sp³-hybridized carbons (Fsp3) is 0.571. The number of nitrogens with zero attached hydrogens (tertiary/aromatic N) is 1. The van der Waals surface area contributed by atoms with E-state index in [2.05, 4.69) is 10.6 Å². The fourth-order valence-electron chi connectivity index (χ4n) is 4.36. The Labute approximate surface area is 174 Å². The van der Waals surface area contributed by atoms with Gasteiger partial charge in [-0.2, -0.15) is 0 Å². The Bertz CT molecular complexity index is 876. The Morgan fingerprint density at radius 2 is 1.53 bits per heavy atom. The molecule has 1 aromatic heterocycles. The summed E-state index contributed by atoms with van der Waals surface area (Å²) in [5.41, 5.74) is -0.948. The maximum atomic E-state index is 13.4. The summed E-state index contributed by atoms with van der Waals surface area (Å²) in [4.78, 5) is 63.9. The Hall–Kier alpha value is -2.65. The lowest BCUT2D eigenvalue weighted by Gasteiger charge is -2.22. The van der Waals surface area contributed by atoms with Crippen molar-refractivity contribution in [1.82, 2.24) is 15.2 Å². The van der Waals surface area contributed by atoms with Crippen LogP contribution >= 0.6 is 0 Å². The number of hydrogen-bond acceptors (Lipinski definition) is 8. The quantitative estimate of drug-likeness (QED) is 0.401. The van der Waals surface area contributed by atoms with Crippen molar-refractivity contribution < 1.29 is 28.7 Å². The molecule has 3 heterocycles. The number of esters is 1. The number of ketones is 2. The largest absolute Gasteiger partial charge is 0.465 e. The third-order valence-corrected chi connectivity index (χ3v) is 5.84. The third-order valence-electron chi connectivity index (χ3n) is 5.84. The first-order valence-corrected chi connectivity index (χ1v) is 10.2. The van der Waals surface area contributed by atoms with Gasteiger partial charge in [-0.1, -0.05) is 0 Å². The van der Waals surface area contributed by atoms with Crippen molar-refractivity contribution in [2.45, 2.75) is 32.6 Å². The van der Waals surface area contributed by atoms with E-state index in [4.69, 9.17) is 4.74 Å². The van der Waals surface area contributed by atoms with Crippen molar-refractivity contribution >= 4 is 29.7 Å². The van der Waals surface area contributed by atoms with Crippen LogP contribution in [0.25, 0.3) is 0 Å². The van der Waals surface area contributed by atoms with E-state index in [1.165, 1.54) is 6.92 Å². The van der Waals surface area contributed by atoms with Gasteiger partial charge in [0.15, 0.2) is 17.9 Å². The number of ether oxygens (including phenoxy) is 1. The first-order chi connectivity index (χ1) is 14.4. The summed E-state index contributed by atoms with van der Waals surface area (Å²) in [5, 5.41) is 6.26. The Balaban J connectivity index is 2.23. The van der Waals surface area contributed by atoms with Crippen LogP contribution in [0.5, 0.6) is 0 Å². The Kier molecular flexibility index (Phi) is 6.94. The van der Waals surface area contributed by atoms with Gasteiger partial charge >= 0.3 is 5.97 Å². The van der Waals surface area contributed by atoms with Crippen LogP contribution in [-0.2, 0) is 4.74 Å². The Morgan fingerprint density at radius 1 is 0.967 bits per heavy atom. The summed E-state index contributed by atoms with van der Waals surface area (Å²) in [6.45, 7) is 3.55. The van der Waals surface area contributed by atoms with Crippen LogP contribution in [-0.4, -0.2) is 67.6 Å². The molecule has 0 aliphatic carbocycles. The number of aldehydes is 1. The van der Waals surface area contributed by atoms with Crippen molar-refractivity contribution in [3.05, 3.63) is 22.5 Å². The third kappa shape index (κ3) is 3.99. The molecule has 9 nitrogen and oxygen atoms in total. The molecule has 2 unspecified atom stereocenters. The second-order valence-electron chi connectivity index (χ2n) is 7.76. The molecular formula is C21H27N3O6. The normalized spacial score (nSPS) is 21.7. The van der Waals surface area contributed by atoms with Crippen molar-refractivity contribution in [2.75, 3.05) is 33.3 Å². The number of Topliss-reactive ketones (excluding diaryl/α,β-unsaturated/α-hetero) is 2. The van der Waals surface area contributed by atoms with E-state index in [1.807, 2.05) is 0 Å². The number of hydrogen-bond donors (Lipinski definition) is 2. The van der Waals surface area contributed by atoms with Crippen LogP contribution in [0.4, 0.5) is 0 Å². The zero-order chi connectivity index (χ0) is 21.8. The summed E-state index contributed by atoms with van der Waals surface area (Å²) in [6.07, 6.45) is 3.08. The van der Waals surface area contributed by atoms with Crippen LogP contribution in [0.2, 0.25) is 0 Å². The van der Waals surface area contributed by atoms with Gasteiger partial charge in [-0.25, -0.2) is 4.79 Å². The number of carbonyl (C=O) groups is 5. The lowest BCUT2D eigenvalue weighted by atomic mass is 9.87. The highest BCUT2D eigenvalue weighted by Crippen LogP contribution is 2.31. The van der Waals surface area contributed by atoms with Crippen LogP contribution < -0.4 is 10.6 Å². The summed E-state index contributed by atoms with van der Waals surface area (Å²) >= 11 is 0. The minimum atomic E-state index is -0.905. The molecule has 1 aromatic rings. The van der Waals surface area contributed by atoms with E-state index in [0.29, 0.717) is 32.2 Å². The maximum Gasteiger partial charge on any atom is 0.340 e. The molecule has 2 fully saturated rings. The maximum absolute atomic E-state index is 13.4. The van der Waals surface area contributed by atoms with Crippen molar-refractivity contribution in [1.29, 1.82) is 0 Å². The van der Waals surface area contributed by atoms with Crippen molar-refractivity contribution in [2.24, 2.45) is 11.8 Å². The predicted octanol–water partition coefficient (Wildman–Crippen LogP) is 1.11. The summed E-state index contributed by atoms with van der Waals surface area (Å²) in [7, 11) is 1.14. The zero-order valence-electron chi connectivity index (χ0n) is 17.3. The van der Waals surface area contributed by atoms with E-state index in [9.17, 15) is 24.0 Å². The summed E-state index contributed by atoms with van der Waals surface area (Å²) in [6, 6.07) is 0. The molecule has 30 heavy (non-hydrogen) atoms. The highest BCUT2D eigenvalue weighted by molar-refractivity contribution is 6.19. The van der Waals surface area contributed by atoms with E-state index in [1.54, 1.807) is 0 Å². The monoisotopic (exact) mass is 417 g/mol. The second-order valence-corrected chi connectivity index (χ2v) is 7.76. The average molecular weight is 417 g/mol. The van der Waals surface area contributed by atoms with Gasteiger partial charge in [0.1, 0.15) is 17.0 Å². The molecular weight excluding hydrogens is 390 g/mol. The lowest BCUT2D eigenvalue weighted by Crippen LogP contribution is -2.36. The molecule has 0 radical (unpaired) electrons. The first-order valence-electron chi connectivity index (χ1n) is 10.2. The van der Waals surface area contributed by atoms with Gasteiger partial charge in [0, 0.05) is 31.8 Å². The van der Waals surface area contributed by atoms with Gasteiger partial charge in [0.25, 0.3) is 0 Å². The van der Waals surface area contributed by atoms with Gasteiger partial charge in [-0.05, 0) is 38.8 Å². The van der Waals surface area contributed by atoms with E-state index in [-0.39, 0.29) is 22.5 Å². The van der Waals surface area contributed by atoms with Crippen LogP contribution in [0.3, 0.4) is 0 Å². The molecule has 2 aliphatic heterocycles. The highest BCUT2D eigenvalue weighted by Gasteiger charge is 2.40. The highest BCUT2D eigenvalue weighted by atomic mass is 16.5. The number of piperidine rings is 2. The number of rotatable bonds is 6. The Morgan fingerprint density at radius 3 is 1.97 bits per heavy atom. The van der Waals surface area contributed by atoms with Gasteiger partial charge < -0.3 is 15.4 Å². The molecule has 9 heteroatoms. The molecule has 2 saturated heterocycles. The molecule has 2 N–H and O–H groups in total. The molecule has 3 rings (SSSR count). The molecule has 0 spiro atoms. The lowest BCUT2D eigenvalue weighted by molar-refractivity contribution is 0.0590. The molecule has 0 aromatic carbocycles. The van der Waals surface area contributed by atoms with Crippen molar-refractivity contribution in [3.8, 4) is 0 Å². The van der Waals surface area contributed by atoms with E-state index < -0.39 is 35.3 Å². The molecule has 0 saturated carbocycles. The average Bonchev–Trinajstić information content (AvgIpc) is 3.14. The van der Waals surface area contributed by atoms with Gasteiger partial charge in [0.2, 0.25) is 5.91 Å². The predicted molar refractivity (Wildman–Crippen MR) is 107 cm³/mol. The zero-order valence-corrected chi connectivity index (χ0v) is 17.3. The minimum absolute atomic E-state index is 0.187. The number of aromatic nitrogens is 1. The SMILES string of the molecule is COC(=O)c1c(C(=O)C2CCCNC2)c(C=O)n(C(C)=O)c1C(=O)C1CCCNC1. The van der Waals surface area contributed by atoms with Crippen LogP contribution in [0.15, 0.2) is 0 Å². The van der Waals surface area contributed by atoms with Gasteiger partial charge in [0.05, 0.1) is 12.7 Å². The van der Waals surface area contributed by atoms with Gasteiger partial charge in [-0.15, -0.1) is 0 Å². The molecule has 162 valence electrons. The fourth-order valence-corrected chi connectivity index (χ4v) is 4.36. The molecule has 0 bridgehead atoms. The smallest absolute Gasteiger partial charge is 0.340 e. The number of nitrogens with one attached hydrogen (secondary N) is 2. The number of carbonyl (C=O) groups excluding carboxylic acids is 5. The molecule has 2 atom stereocenters. The summed E-state index contributed by atoms with van der Waals surface area (Å²) in [5.74, 6) is -3.31. The van der Waals surface area contributed by atoms with Crippen molar-refractivity contribution in [3.63, 3.8) is 0 Å². The van der Waals surface area contributed by atoms with E-state index in [0.717, 1.165) is 37.6 Å². The van der Waals surface area contributed by atoms with Gasteiger partial charge in [-0.3, -0.25) is 23.7 Å². The standard InChI is InChI=1S/C21H27N3O6/c1-12(26)24-15(11-25)16(19(27)13-5-3-7-22-9-13)17(21(29)30-2)18(24)20(28)14-6-4-8-23-10-14/h11,13-14,22-23H,3-10H2,1-2H3. The topological polar surface area (TPSA) is 124 Å². The number of methoxy groups -OCH3 is 1. The molecule has 0 amide bonds. The molecule has 2 aliphatic rings. The summed E-state index contributed by atoms with van der Waals surface area (Å²) < 4.78 is 5.79. The minimum Gasteiger partial charge on any atom is -0.465 e. The first kappa shape index (κ1) is 22.0. The second kappa shape index (κ2) is 9.44.